The van der Waals surface area contributed by atoms with Crippen LogP contribution in [0.3, 0.4) is 0 Å². The molecule has 1 heterocycles. The molecule has 0 aromatic heterocycles. The minimum absolute atomic E-state index is 0.101. The Morgan fingerprint density at radius 2 is 1.75 bits per heavy atom. The van der Waals surface area contributed by atoms with Gasteiger partial charge in [-0.25, -0.2) is 0 Å². The van der Waals surface area contributed by atoms with Gasteiger partial charge in [-0.1, -0.05) is 31.5 Å². The van der Waals surface area contributed by atoms with Gasteiger partial charge in [0, 0.05) is 24.5 Å². The molecule has 1 saturated heterocycles. The molecule has 2 N–H and O–H groups in total. The van der Waals surface area contributed by atoms with Crippen molar-refractivity contribution in [3.05, 3.63) is 59.7 Å². The van der Waals surface area contributed by atoms with Crippen LogP contribution in [-0.4, -0.2) is 30.9 Å². The number of hydrogen-bond donors (Lipinski definition) is 2. The van der Waals surface area contributed by atoms with E-state index in [4.69, 9.17) is 0 Å². The number of anilines is 2. The van der Waals surface area contributed by atoms with Crippen LogP contribution in [0, 0.1) is 0 Å². The predicted octanol–water partition coefficient (Wildman–Crippen LogP) is 4.77. The second kappa shape index (κ2) is 10.5. The van der Waals surface area contributed by atoms with Crippen molar-refractivity contribution in [1.29, 1.82) is 0 Å². The van der Waals surface area contributed by atoms with Gasteiger partial charge in [0.25, 0.3) is 0 Å². The van der Waals surface area contributed by atoms with E-state index >= 15 is 0 Å². The van der Waals surface area contributed by atoms with Gasteiger partial charge in [-0.3, -0.25) is 9.59 Å². The smallest absolute Gasteiger partial charge is 0.371 e. The molecule has 0 saturated carbocycles. The van der Waals surface area contributed by atoms with Crippen LogP contribution in [0.2, 0.25) is 0 Å². The summed E-state index contributed by atoms with van der Waals surface area (Å²) in [5.41, 5.74) is 1.40. The van der Waals surface area contributed by atoms with Gasteiger partial charge in [0.2, 0.25) is 11.8 Å². The minimum atomic E-state index is -4.42. The molecule has 1 unspecified atom stereocenters. The molecule has 0 aliphatic carbocycles. The molecule has 0 bridgehead atoms. The number of nitrogens with one attached hydrogen (secondary N) is 2. The number of hydrogen-bond acceptors (Lipinski definition) is 3. The molecule has 8 heteroatoms. The predicted molar refractivity (Wildman–Crippen MR) is 119 cm³/mol. The van der Waals surface area contributed by atoms with Crippen molar-refractivity contribution in [3.8, 4) is 0 Å². The number of nitrogens with zero attached hydrogens (tertiary/aromatic N) is 1. The van der Waals surface area contributed by atoms with E-state index in [1.807, 2.05) is 31.2 Å². The van der Waals surface area contributed by atoms with Gasteiger partial charge < -0.3 is 15.5 Å². The third-order valence-electron chi connectivity index (χ3n) is 5.46. The maximum Gasteiger partial charge on any atom is 0.416 e. The van der Waals surface area contributed by atoms with Crippen LogP contribution in [-0.2, 0) is 22.2 Å². The van der Waals surface area contributed by atoms with Crippen LogP contribution in [0.1, 0.15) is 43.7 Å². The Balaban J connectivity index is 1.60. The zero-order valence-corrected chi connectivity index (χ0v) is 18.0. The summed E-state index contributed by atoms with van der Waals surface area (Å²) >= 11 is 0. The number of carbonyl (C=O) groups excluding carboxylic acids is 2. The summed E-state index contributed by atoms with van der Waals surface area (Å²) in [5.74, 6) is -0.727. The Kier molecular flexibility index (Phi) is 7.77. The molecule has 2 aromatic carbocycles. The van der Waals surface area contributed by atoms with Crippen molar-refractivity contribution in [3.63, 3.8) is 0 Å². The van der Waals surface area contributed by atoms with E-state index in [0.29, 0.717) is 24.1 Å². The largest absolute Gasteiger partial charge is 0.416 e. The van der Waals surface area contributed by atoms with Gasteiger partial charge >= 0.3 is 6.18 Å². The lowest BCUT2D eigenvalue weighted by Gasteiger charge is -2.20. The minimum Gasteiger partial charge on any atom is -0.371 e. The van der Waals surface area contributed by atoms with Crippen molar-refractivity contribution in [2.24, 2.45) is 0 Å². The lowest BCUT2D eigenvalue weighted by molar-refractivity contribution is -0.137. The van der Waals surface area contributed by atoms with Gasteiger partial charge in [0.1, 0.15) is 6.04 Å². The third-order valence-corrected chi connectivity index (χ3v) is 5.46. The maximum absolute atomic E-state index is 12.8. The van der Waals surface area contributed by atoms with Crippen LogP contribution < -0.4 is 15.5 Å². The summed E-state index contributed by atoms with van der Waals surface area (Å²) in [6, 6.07) is 11.4. The average Bonchev–Trinajstić information content (AvgIpc) is 3.28. The van der Waals surface area contributed by atoms with E-state index in [-0.39, 0.29) is 12.3 Å². The average molecular weight is 448 g/mol. The monoisotopic (exact) mass is 447 g/mol. The standard InChI is InChI=1S/C24H28F3N3O2/c1-2-6-21(29-22(31)15-17-9-11-18(12-10-17)24(25,26)27)23(32)28-19-7-5-8-20(16-19)30-13-3-4-14-30/h5,7-12,16,21H,2-4,6,13-15H2,1H3,(H,28,32)(H,29,31). The van der Waals surface area contributed by atoms with E-state index in [0.717, 1.165) is 43.8 Å². The molecule has 1 atom stereocenters. The van der Waals surface area contributed by atoms with Crippen molar-refractivity contribution >= 4 is 23.2 Å². The van der Waals surface area contributed by atoms with Gasteiger partial charge in [-0.05, 0) is 55.2 Å². The normalized spacial score (nSPS) is 14.8. The van der Waals surface area contributed by atoms with E-state index in [2.05, 4.69) is 15.5 Å². The fourth-order valence-corrected chi connectivity index (χ4v) is 3.78. The molecule has 3 rings (SSSR count). The third kappa shape index (κ3) is 6.48. The summed E-state index contributed by atoms with van der Waals surface area (Å²) in [6.45, 7) is 3.90. The number of halogens is 3. The highest BCUT2D eigenvalue weighted by Gasteiger charge is 2.30. The Morgan fingerprint density at radius 1 is 1.06 bits per heavy atom. The molecule has 5 nitrogen and oxygen atoms in total. The molecule has 1 fully saturated rings. The zero-order chi connectivity index (χ0) is 23.1. The summed E-state index contributed by atoms with van der Waals surface area (Å²) in [5, 5.41) is 5.60. The second-order valence-corrected chi connectivity index (χ2v) is 8.01. The van der Waals surface area contributed by atoms with Crippen LogP contribution >= 0.6 is 0 Å². The van der Waals surface area contributed by atoms with Gasteiger partial charge in [-0.2, -0.15) is 13.2 Å². The lowest BCUT2D eigenvalue weighted by Crippen LogP contribution is -2.44. The zero-order valence-electron chi connectivity index (χ0n) is 18.0. The van der Waals surface area contributed by atoms with Crippen molar-refractivity contribution < 1.29 is 22.8 Å². The molecule has 2 aromatic rings. The summed E-state index contributed by atoms with van der Waals surface area (Å²) < 4.78 is 38.1. The summed E-state index contributed by atoms with van der Waals surface area (Å²) in [6.07, 6.45) is -1.07. The van der Waals surface area contributed by atoms with Crippen LogP contribution in [0.4, 0.5) is 24.5 Å². The maximum atomic E-state index is 12.8. The summed E-state index contributed by atoms with van der Waals surface area (Å²) in [7, 11) is 0. The second-order valence-electron chi connectivity index (χ2n) is 8.01. The van der Waals surface area contributed by atoms with Crippen LogP contribution in [0.15, 0.2) is 48.5 Å². The topological polar surface area (TPSA) is 61.4 Å². The quantitative estimate of drug-likeness (QED) is 0.613. The molecule has 172 valence electrons. The molecule has 0 spiro atoms. The Labute approximate surface area is 186 Å². The molecule has 1 aliphatic heterocycles. The first-order valence-corrected chi connectivity index (χ1v) is 10.9. The molecule has 1 aliphatic rings. The van der Waals surface area contributed by atoms with Gasteiger partial charge in [-0.15, -0.1) is 0 Å². The van der Waals surface area contributed by atoms with Crippen molar-refractivity contribution in [2.75, 3.05) is 23.3 Å². The highest BCUT2D eigenvalue weighted by Crippen LogP contribution is 2.29. The molecular weight excluding hydrogens is 419 g/mol. The fraction of sp³-hybridized carbons (Fsp3) is 0.417. The highest BCUT2D eigenvalue weighted by molar-refractivity contribution is 5.97. The Hall–Kier alpha value is -3.03. The van der Waals surface area contributed by atoms with Crippen LogP contribution in [0.25, 0.3) is 0 Å². The molecule has 32 heavy (non-hydrogen) atoms. The fourth-order valence-electron chi connectivity index (χ4n) is 3.78. The number of rotatable bonds is 8. The Bertz CT molecular complexity index is 923. The first kappa shape index (κ1) is 23.6. The number of benzene rings is 2. The molecule has 0 radical (unpaired) electrons. The molecular formula is C24H28F3N3O2. The summed E-state index contributed by atoms with van der Waals surface area (Å²) in [4.78, 5) is 27.5. The van der Waals surface area contributed by atoms with E-state index in [1.165, 1.54) is 12.1 Å². The highest BCUT2D eigenvalue weighted by atomic mass is 19.4. The van der Waals surface area contributed by atoms with E-state index < -0.39 is 23.7 Å². The SMILES string of the molecule is CCCC(NC(=O)Cc1ccc(C(F)(F)F)cc1)C(=O)Nc1cccc(N2CCCC2)c1. The van der Waals surface area contributed by atoms with Crippen LogP contribution in [0.5, 0.6) is 0 Å². The van der Waals surface area contributed by atoms with E-state index in [9.17, 15) is 22.8 Å². The number of carbonyl (C=O) groups is 2. The van der Waals surface area contributed by atoms with Crippen molar-refractivity contribution in [1.82, 2.24) is 5.32 Å². The first-order valence-electron chi connectivity index (χ1n) is 10.9. The number of amides is 2. The van der Waals surface area contributed by atoms with E-state index in [1.54, 1.807) is 0 Å². The van der Waals surface area contributed by atoms with Gasteiger partial charge in [0.05, 0.1) is 12.0 Å². The molecule has 2 amide bonds. The Morgan fingerprint density at radius 3 is 2.38 bits per heavy atom. The van der Waals surface area contributed by atoms with Crippen molar-refractivity contribution in [2.45, 2.75) is 51.2 Å². The van der Waals surface area contributed by atoms with Gasteiger partial charge in [0.15, 0.2) is 0 Å². The lowest BCUT2D eigenvalue weighted by atomic mass is 10.1. The first-order chi connectivity index (χ1) is 15.3. The number of alkyl halides is 3.